The number of carbonyl (C=O) groups excluding carboxylic acids is 2. The van der Waals surface area contributed by atoms with E-state index in [0.717, 1.165) is 0 Å². The SMILES string of the molecule is CCN1C(=O)N(c2ccc(OC)cc2)C(=O)C2COCC21. The molecule has 2 saturated heterocycles. The van der Waals surface area contributed by atoms with Crippen LogP contribution in [0.3, 0.4) is 0 Å². The van der Waals surface area contributed by atoms with Gasteiger partial charge in [-0.25, -0.2) is 9.69 Å². The van der Waals surface area contributed by atoms with Crippen LogP contribution in [0.15, 0.2) is 24.3 Å². The van der Waals surface area contributed by atoms with Crippen LogP contribution in [0, 0.1) is 5.92 Å². The number of ether oxygens (including phenoxy) is 2. The van der Waals surface area contributed by atoms with Crippen molar-refractivity contribution in [2.75, 3.05) is 31.8 Å². The van der Waals surface area contributed by atoms with E-state index in [1.807, 2.05) is 6.92 Å². The summed E-state index contributed by atoms with van der Waals surface area (Å²) >= 11 is 0. The van der Waals surface area contributed by atoms with Crippen molar-refractivity contribution in [1.29, 1.82) is 0 Å². The Labute approximate surface area is 123 Å². The smallest absolute Gasteiger partial charge is 0.331 e. The van der Waals surface area contributed by atoms with E-state index < -0.39 is 0 Å². The molecule has 6 nitrogen and oxygen atoms in total. The largest absolute Gasteiger partial charge is 0.497 e. The van der Waals surface area contributed by atoms with Gasteiger partial charge in [0.15, 0.2) is 0 Å². The van der Waals surface area contributed by atoms with Gasteiger partial charge in [-0.3, -0.25) is 4.79 Å². The van der Waals surface area contributed by atoms with E-state index in [1.165, 1.54) is 4.90 Å². The van der Waals surface area contributed by atoms with Crippen LogP contribution >= 0.6 is 0 Å². The molecule has 2 atom stereocenters. The summed E-state index contributed by atoms with van der Waals surface area (Å²) < 4.78 is 10.5. The monoisotopic (exact) mass is 290 g/mol. The Morgan fingerprint density at radius 3 is 2.57 bits per heavy atom. The lowest BCUT2D eigenvalue weighted by atomic mass is 9.97. The maximum absolute atomic E-state index is 12.6. The predicted octanol–water partition coefficient (Wildman–Crippen LogP) is 1.50. The number of methoxy groups -OCH3 is 1. The second-order valence-corrected chi connectivity index (χ2v) is 5.15. The Morgan fingerprint density at radius 1 is 1.24 bits per heavy atom. The van der Waals surface area contributed by atoms with Crippen LogP contribution in [-0.2, 0) is 9.53 Å². The minimum absolute atomic E-state index is 0.135. The van der Waals surface area contributed by atoms with Gasteiger partial charge in [0.2, 0.25) is 5.91 Å². The fourth-order valence-electron chi connectivity index (χ4n) is 2.96. The van der Waals surface area contributed by atoms with Crippen LogP contribution in [0.1, 0.15) is 6.92 Å². The molecule has 21 heavy (non-hydrogen) atoms. The van der Waals surface area contributed by atoms with E-state index in [4.69, 9.17) is 9.47 Å². The Balaban J connectivity index is 1.95. The number of anilines is 1. The summed E-state index contributed by atoms with van der Waals surface area (Å²) in [6.07, 6.45) is 0. The maximum atomic E-state index is 12.6. The van der Waals surface area contributed by atoms with Gasteiger partial charge in [0.05, 0.1) is 38.0 Å². The first-order chi connectivity index (χ1) is 10.2. The number of nitrogens with zero attached hydrogens (tertiary/aromatic N) is 2. The molecule has 2 aliphatic heterocycles. The molecule has 0 aliphatic carbocycles. The summed E-state index contributed by atoms with van der Waals surface area (Å²) in [5.41, 5.74) is 0.564. The number of fused-ring (bicyclic) bond motifs is 1. The second kappa shape index (κ2) is 5.37. The fraction of sp³-hybridized carbons (Fsp3) is 0.467. The molecule has 2 fully saturated rings. The average Bonchev–Trinajstić information content (AvgIpc) is 2.98. The van der Waals surface area contributed by atoms with E-state index in [-0.39, 0.29) is 23.9 Å². The lowest BCUT2D eigenvalue weighted by Gasteiger charge is -2.40. The van der Waals surface area contributed by atoms with Crippen molar-refractivity contribution < 1.29 is 19.1 Å². The molecule has 1 aromatic rings. The molecule has 0 saturated carbocycles. The fourth-order valence-corrected chi connectivity index (χ4v) is 2.96. The molecule has 6 heteroatoms. The highest BCUT2D eigenvalue weighted by Crippen LogP contribution is 2.32. The molecular formula is C15H18N2O4. The minimum Gasteiger partial charge on any atom is -0.497 e. The molecule has 3 amide bonds. The normalized spacial score (nSPS) is 25.2. The molecule has 0 aromatic heterocycles. The van der Waals surface area contributed by atoms with Crippen LogP contribution in [0.25, 0.3) is 0 Å². The van der Waals surface area contributed by atoms with E-state index in [2.05, 4.69) is 0 Å². The van der Waals surface area contributed by atoms with Gasteiger partial charge >= 0.3 is 6.03 Å². The molecule has 1 aromatic carbocycles. The summed E-state index contributed by atoms with van der Waals surface area (Å²) in [6.45, 7) is 3.28. The Bertz CT molecular complexity index is 557. The molecule has 2 heterocycles. The third kappa shape index (κ3) is 2.15. The van der Waals surface area contributed by atoms with E-state index in [1.54, 1.807) is 36.3 Å². The number of hydrogen-bond acceptors (Lipinski definition) is 4. The number of urea groups is 1. The van der Waals surface area contributed by atoms with Gasteiger partial charge in [-0.2, -0.15) is 0 Å². The van der Waals surface area contributed by atoms with Gasteiger partial charge in [-0.1, -0.05) is 0 Å². The standard InChI is InChI=1S/C15H18N2O4/c1-3-16-13-9-21-8-12(13)14(18)17(15(16)19)10-4-6-11(20-2)7-5-10/h4-7,12-13H,3,8-9H2,1-2H3. The Morgan fingerprint density at radius 2 is 1.95 bits per heavy atom. The van der Waals surface area contributed by atoms with Gasteiger partial charge in [-0.05, 0) is 31.2 Å². The molecule has 112 valence electrons. The second-order valence-electron chi connectivity index (χ2n) is 5.15. The summed E-state index contributed by atoms with van der Waals surface area (Å²) in [5.74, 6) is 0.229. The summed E-state index contributed by atoms with van der Waals surface area (Å²) in [5, 5.41) is 0. The zero-order valence-electron chi connectivity index (χ0n) is 12.1. The summed E-state index contributed by atoms with van der Waals surface area (Å²) in [4.78, 5) is 28.2. The molecule has 0 N–H and O–H groups in total. The lowest BCUT2D eigenvalue weighted by molar-refractivity contribution is -0.124. The summed E-state index contributed by atoms with van der Waals surface area (Å²) in [7, 11) is 1.57. The van der Waals surface area contributed by atoms with Gasteiger partial charge in [0.25, 0.3) is 0 Å². The number of carbonyl (C=O) groups is 2. The van der Waals surface area contributed by atoms with E-state index in [0.29, 0.717) is 31.2 Å². The van der Waals surface area contributed by atoms with Crippen LogP contribution in [0.2, 0.25) is 0 Å². The first kappa shape index (κ1) is 13.9. The zero-order valence-corrected chi connectivity index (χ0v) is 12.1. The first-order valence-electron chi connectivity index (χ1n) is 7.03. The molecular weight excluding hydrogens is 272 g/mol. The van der Waals surface area contributed by atoms with Crippen molar-refractivity contribution in [1.82, 2.24) is 4.90 Å². The Hall–Kier alpha value is -2.08. The predicted molar refractivity (Wildman–Crippen MR) is 76.4 cm³/mol. The molecule has 0 spiro atoms. The molecule has 2 unspecified atom stereocenters. The first-order valence-corrected chi connectivity index (χ1v) is 7.03. The molecule has 3 rings (SSSR count). The number of benzene rings is 1. The lowest BCUT2D eigenvalue weighted by Crippen LogP contribution is -2.61. The van der Waals surface area contributed by atoms with E-state index in [9.17, 15) is 9.59 Å². The van der Waals surface area contributed by atoms with Crippen molar-refractivity contribution >= 4 is 17.6 Å². The number of hydrogen-bond donors (Lipinski definition) is 0. The van der Waals surface area contributed by atoms with Crippen LogP contribution < -0.4 is 9.64 Å². The van der Waals surface area contributed by atoms with Gasteiger partial charge in [0.1, 0.15) is 5.75 Å². The Kier molecular flexibility index (Phi) is 3.55. The van der Waals surface area contributed by atoms with Gasteiger partial charge in [-0.15, -0.1) is 0 Å². The third-order valence-electron chi connectivity index (χ3n) is 4.10. The topological polar surface area (TPSA) is 59.1 Å². The van der Waals surface area contributed by atoms with E-state index >= 15 is 0 Å². The van der Waals surface area contributed by atoms with Gasteiger partial charge < -0.3 is 14.4 Å². The van der Waals surface area contributed by atoms with Crippen molar-refractivity contribution in [3.63, 3.8) is 0 Å². The van der Waals surface area contributed by atoms with Gasteiger partial charge in [0, 0.05) is 6.54 Å². The minimum atomic E-state index is -0.278. The maximum Gasteiger partial charge on any atom is 0.331 e. The average molecular weight is 290 g/mol. The van der Waals surface area contributed by atoms with Crippen molar-refractivity contribution in [2.24, 2.45) is 5.92 Å². The highest BCUT2D eigenvalue weighted by atomic mass is 16.5. The molecule has 2 aliphatic rings. The third-order valence-corrected chi connectivity index (χ3v) is 4.10. The molecule has 0 bridgehead atoms. The number of rotatable bonds is 3. The molecule has 0 radical (unpaired) electrons. The quantitative estimate of drug-likeness (QED) is 0.846. The van der Waals surface area contributed by atoms with Crippen molar-refractivity contribution in [3.8, 4) is 5.75 Å². The number of likely N-dealkylation sites (N-methyl/N-ethyl adjacent to an activating group) is 1. The number of imide groups is 1. The van der Waals surface area contributed by atoms with Crippen LogP contribution in [-0.4, -0.2) is 49.7 Å². The number of amides is 3. The van der Waals surface area contributed by atoms with Crippen molar-refractivity contribution in [3.05, 3.63) is 24.3 Å². The summed E-state index contributed by atoms with van der Waals surface area (Å²) in [6, 6.07) is 6.51. The van der Waals surface area contributed by atoms with Crippen LogP contribution in [0.5, 0.6) is 5.75 Å². The zero-order chi connectivity index (χ0) is 15.0. The highest BCUT2D eigenvalue weighted by Gasteiger charge is 2.49. The van der Waals surface area contributed by atoms with Crippen molar-refractivity contribution in [2.45, 2.75) is 13.0 Å². The highest BCUT2D eigenvalue weighted by molar-refractivity contribution is 6.17. The van der Waals surface area contributed by atoms with Crippen LogP contribution in [0.4, 0.5) is 10.5 Å².